The third kappa shape index (κ3) is 3.25. The number of methoxy groups -OCH3 is 1. The van der Waals surface area contributed by atoms with E-state index in [9.17, 15) is 4.79 Å². The fraction of sp³-hybridized carbons (Fsp3) is 0.938. The van der Waals surface area contributed by atoms with E-state index in [0.717, 1.165) is 38.9 Å². The van der Waals surface area contributed by atoms with E-state index in [-0.39, 0.29) is 11.5 Å². The van der Waals surface area contributed by atoms with Gasteiger partial charge in [0.05, 0.1) is 7.11 Å². The Bertz CT molecular complexity index is 386. The molecule has 1 saturated heterocycles. The normalized spacial score (nSPS) is 34.6. The van der Waals surface area contributed by atoms with Gasteiger partial charge in [0.15, 0.2) is 0 Å². The van der Waals surface area contributed by atoms with Crippen LogP contribution in [0.2, 0.25) is 0 Å². The number of likely N-dealkylation sites (N-methyl/N-ethyl adjacent to an activating group) is 2. The molecule has 2 fully saturated rings. The van der Waals surface area contributed by atoms with E-state index >= 15 is 0 Å². The van der Waals surface area contributed by atoms with Crippen LogP contribution in [0.4, 0.5) is 0 Å². The van der Waals surface area contributed by atoms with Crippen molar-refractivity contribution in [2.45, 2.75) is 56.7 Å². The maximum absolute atomic E-state index is 12.2. The molecule has 0 aromatic carbocycles. The Morgan fingerprint density at radius 1 is 1.33 bits per heavy atom. The summed E-state index contributed by atoms with van der Waals surface area (Å²) in [6.07, 6.45) is 3.99. The Balaban J connectivity index is 2.09. The quantitative estimate of drug-likeness (QED) is 0.790. The molecule has 0 spiro atoms. The number of esters is 1. The number of carbonyl (C=O) groups is 1. The third-order valence-electron chi connectivity index (χ3n) is 5.64. The molecule has 0 aromatic rings. The maximum Gasteiger partial charge on any atom is 0.326 e. The van der Waals surface area contributed by atoms with Crippen LogP contribution in [0.15, 0.2) is 0 Å². The molecule has 5 nitrogen and oxygen atoms in total. The number of rotatable bonds is 3. The van der Waals surface area contributed by atoms with Gasteiger partial charge in [0.2, 0.25) is 0 Å². The second-order valence-corrected chi connectivity index (χ2v) is 7.28. The van der Waals surface area contributed by atoms with Crippen molar-refractivity contribution < 1.29 is 9.53 Å². The molecule has 0 radical (unpaired) electrons. The van der Waals surface area contributed by atoms with Crippen molar-refractivity contribution in [3.8, 4) is 0 Å². The first-order chi connectivity index (χ1) is 9.84. The van der Waals surface area contributed by atoms with Crippen molar-refractivity contribution in [3.63, 3.8) is 0 Å². The van der Waals surface area contributed by atoms with E-state index in [1.54, 1.807) is 0 Å². The van der Waals surface area contributed by atoms with E-state index in [2.05, 4.69) is 36.0 Å². The van der Waals surface area contributed by atoms with Gasteiger partial charge in [0.25, 0.3) is 0 Å². The Morgan fingerprint density at radius 2 is 2.05 bits per heavy atom. The van der Waals surface area contributed by atoms with Gasteiger partial charge in [0, 0.05) is 31.2 Å². The molecule has 1 N–H and O–H groups in total. The van der Waals surface area contributed by atoms with Gasteiger partial charge < -0.3 is 10.1 Å². The van der Waals surface area contributed by atoms with Gasteiger partial charge >= 0.3 is 5.97 Å². The van der Waals surface area contributed by atoms with Gasteiger partial charge in [0.1, 0.15) is 5.54 Å². The van der Waals surface area contributed by atoms with Crippen LogP contribution in [0.1, 0.15) is 39.5 Å². The molecule has 0 amide bonds. The van der Waals surface area contributed by atoms with Gasteiger partial charge in [-0.05, 0) is 53.6 Å². The zero-order valence-electron chi connectivity index (χ0n) is 14.2. The highest BCUT2D eigenvalue weighted by Gasteiger charge is 2.45. The molecule has 2 atom stereocenters. The molecule has 5 heteroatoms. The van der Waals surface area contributed by atoms with Crippen LogP contribution < -0.4 is 5.32 Å². The monoisotopic (exact) mass is 297 g/mol. The van der Waals surface area contributed by atoms with E-state index < -0.39 is 5.54 Å². The smallest absolute Gasteiger partial charge is 0.326 e. The van der Waals surface area contributed by atoms with Crippen LogP contribution in [0, 0.1) is 0 Å². The lowest BCUT2D eigenvalue weighted by molar-refractivity contribution is -0.151. The summed E-state index contributed by atoms with van der Waals surface area (Å²) in [6, 6.07) is 0.471. The van der Waals surface area contributed by atoms with Crippen LogP contribution in [-0.2, 0) is 9.53 Å². The highest BCUT2D eigenvalue weighted by Crippen LogP contribution is 2.34. The summed E-state index contributed by atoms with van der Waals surface area (Å²) in [4.78, 5) is 17.2. The maximum atomic E-state index is 12.2. The lowest BCUT2D eigenvalue weighted by Gasteiger charge is -2.50. The largest absolute Gasteiger partial charge is 0.468 e. The van der Waals surface area contributed by atoms with Gasteiger partial charge in [-0.3, -0.25) is 14.6 Å². The Morgan fingerprint density at radius 3 is 2.62 bits per heavy atom. The highest BCUT2D eigenvalue weighted by atomic mass is 16.5. The van der Waals surface area contributed by atoms with E-state index in [0.29, 0.717) is 6.04 Å². The molecule has 21 heavy (non-hydrogen) atoms. The molecule has 2 unspecified atom stereocenters. The molecule has 1 aliphatic carbocycles. The number of ether oxygens (including phenoxy) is 1. The van der Waals surface area contributed by atoms with Gasteiger partial charge in [-0.2, -0.15) is 0 Å². The van der Waals surface area contributed by atoms with Crippen LogP contribution in [0.5, 0.6) is 0 Å². The summed E-state index contributed by atoms with van der Waals surface area (Å²) < 4.78 is 5.05. The lowest BCUT2D eigenvalue weighted by Crippen LogP contribution is -2.63. The van der Waals surface area contributed by atoms with E-state index in [4.69, 9.17) is 4.74 Å². The highest BCUT2D eigenvalue weighted by molar-refractivity contribution is 5.81. The molecule has 0 aromatic heterocycles. The van der Waals surface area contributed by atoms with Crippen LogP contribution >= 0.6 is 0 Å². The zero-order valence-corrected chi connectivity index (χ0v) is 14.2. The van der Waals surface area contributed by atoms with Crippen molar-refractivity contribution in [1.29, 1.82) is 0 Å². The summed E-state index contributed by atoms with van der Waals surface area (Å²) >= 11 is 0. The average Bonchev–Trinajstić information content (AvgIpc) is 2.49. The minimum Gasteiger partial charge on any atom is -0.468 e. The molecule has 1 saturated carbocycles. The van der Waals surface area contributed by atoms with Crippen LogP contribution in [0.25, 0.3) is 0 Å². The first-order valence-corrected chi connectivity index (χ1v) is 8.07. The molecule has 2 rings (SSSR count). The number of hydrogen-bond donors (Lipinski definition) is 1. The Kier molecular flexibility index (Phi) is 4.96. The Labute approximate surface area is 129 Å². The van der Waals surface area contributed by atoms with Gasteiger partial charge in [-0.1, -0.05) is 0 Å². The standard InChI is InChI=1S/C16H31N3O2/c1-15(2)12-19(10-9-18(15)4)13-7-6-8-16(11-13,17-3)14(20)21-5/h13,17H,6-12H2,1-5H3. The van der Waals surface area contributed by atoms with Crippen molar-refractivity contribution in [2.75, 3.05) is 40.8 Å². The van der Waals surface area contributed by atoms with Crippen molar-refractivity contribution >= 4 is 5.97 Å². The van der Waals surface area contributed by atoms with Gasteiger partial charge in [-0.15, -0.1) is 0 Å². The molecule has 1 aliphatic heterocycles. The fourth-order valence-corrected chi connectivity index (χ4v) is 3.86. The first-order valence-electron chi connectivity index (χ1n) is 8.07. The summed E-state index contributed by atoms with van der Waals surface area (Å²) in [5, 5.41) is 3.26. The minimum atomic E-state index is -0.495. The summed E-state index contributed by atoms with van der Waals surface area (Å²) in [5.41, 5.74) is -0.297. The zero-order chi connectivity index (χ0) is 15.7. The number of hydrogen-bond acceptors (Lipinski definition) is 5. The number of piperazine rings is 1. The van der Waals surface area contributed by atoms with Crippen molar-refractivity contribution in [2.24, 2.45) is 0 Å². The second-order valence-electron chi connectivity index (χ2n) is 7.28. The summed E-state index contributed by atoms with van der Waals surface area (Å²) in [5.74, 6) is -0.108. The summed E-state index contributed by atoms with van der Waals surface area (Å²) in [7, 11) is 5.57. The van der Waals surface area contributed by atoms with Crippen LogP contribution in [-0.4, -0.2) is 73.7 Å². The first kappa shape index (κ1) is 16.7. The number of carbonyl (C=O) groups excluding carboxylic acids is 1. The van der Waals surface area contributed by atoms with Crippen molar-refractivity contribution in [3.05, 3.63) is 0 Å². The Hall–Kier alpha value is -0.650. The van der Waals surface area contributed by atoms with E-state index in [1.165, 1.54) is 13.5 Å². The molecule has 122 valence electrons. The fourth-order valence-electron chi connectivity index (χ4n) is 3.86. The predicted molar refractivity (Wildman–Crippen MR) is 84.3 cm³/mol. The van der Waals surface area contributed by atoms with Crippen LogP contribution in [0.3, 0.4) is 0 Å². The predicted octanol–water partition coefficient (Wildman–Crippen LogP) is 1.09. The SMILES string of the molecule is CNC1(C(=O)OC)CCCC(N2CCN(C)C(C)(C)C2)C1. The van der Waals surface area contributed by atoms with Gasteiger partial charge in [-0.25, -0.2) is 0 Å². The molecular weight excluding hydrogens is 266 g/mol. The average molecular weight is 297 g/mol. The van der Waals surface area contributed by atoms with E-state index in [1.807, 2.05) is 7.05 Å². The number of nitrogens with zero attached hydrogens (tertiary/aromatic N) is 2. The third-order valence-corrected chi connectivity index (χ3v) is 5.64. The second kappa shape index (κ2) is 6.23. The molecule has 0 bridgehead atoms. The molecule has 1 heterocycles. The minimum absolute atomic E-state index is 0.108. The molecule has 2 aliphatic rings. The van der Waals surface area contributed by atoms with Crippen molar-refractivity contribution in [1.82, 2.24) is 15.1 Å². The lowest BCUT2D eigenvalue weighted by atomic mass is 9.77. The molecular formula is C16H31N3O2. The topological polar surface area (TPSA) is 44.8 Å². The number of nitrogens with one attached hydrogen (secondary N) is 1. The summed E-state index contributed by atoms with van der Waals surface area (Å²) in [6.45, 7) is 7.84.